The van der Waals surface area contributed by atoms with Gasteiger partial charge in [-0.2, -0.15) is 16.6 Å². The van der Waals surface area contributed by atoms with E-state index in [0.717, 1.165) is 35.7 Å². The molecule has 1 atom stereocenters. The van der Waals surface area contributed by atoms with Crippen LogP contribution in [-0.4, -0.2) is 13.1 Å². The summed E-state index contributed by atoms with van der Waals surface area (Å²) in [6.45, 7) is 6.11. The highest BCUT2D eigenvalue weighted by molar-refractivity contribution is 7.08. The van der Waals surface area contributed by atoms with Crippen LogP contribution in [0.5, 0.6) is 5.75 Å². The Kier molecular flexibility index (Phi) is 4.26. The van der Waals surface area contributed by atoms with Crippen LogP contribution in [0.3, 0.4) is 0 Å². The Hall–Kier alpha value is -2.45. The van der Waals surface area contributed by atoms with E-state index >= 15 is 0 Å². The number of allylic oxidation sites excluding steroid dienone is 1. The van der Waals surface area contributed by atoms with Gasteiger partial charge in [0, 0.05) is 30.4 Å². The quantitative estimate of drug-likeness (QED) is 0.928. The normalized spacial score (nSPS) is 16.5. The smallest absolute Gasteiger partial charge is 0.205 e. The summed E-state index contributed by atoms with van der Waals surface area (Å²) in [6, 6.07) is 10.4. The highest BCUT2D eigenvalue weighted by Gasteiger charge is 2.31. The van der Waals surface area contributed by atoms with E-state index in [9.17, 15) is 5.26 Å². The van der Waals surface area contributed by atoms with Gasteiger partial charge in [-0.15, -0.1) is 0 Å². The molecule has 4 nitrogen and oxygen atoms in total. The maximum atomic E-state index is 9.50. The molecular weight excluding hydrogens is 306 g/mol. The number of hydrogen-bond acceptors (Lipinski definition) is 5. The first-order valence-corrected chi connectivity index (χ1v) is 8.62. The minimum absolute atomic E-state index is 0.152. The van der Waals surface area contributed by atoms with Crippen molar-refractivity contribution in [3.8, 4) is 11.8 Å². The zero-order chi connectivity index (χ0) is 16.4. The Labute approximate surface area is 140 Å². The van der Waals surface area contributed by atoms with Gasteiger partial charge in [-0.25, -0.2) is 0 Å². The standard InChI is InChI=1S/C18H19N3OS/c1-3-21(4-2)13-5-6-14-16(9-13)22-18(20)15(10-19)17(14)12-7-8-23-11-12/h5-9,11,17H,3-4,20H2,1-2H3/t17-/m0/s1. The molecule has 118 valence electrons. The molecule has 1 aromatic heterocycles. The van der Waals surface area contributed by atoms with Gasteiger partial charge in [0.05, 0.1) is 5.92 Å². The van der Waals surface area contributed by atoms with E-state index in [4.69, 9.17) is 10.5 Å². The van der Waals surface area contributed by atoms with Crippen molar-refractivity contribution < 1.29 is 4.74 Å². The van der Waals surface area contributed by atoms with Crippen molar-refractivity contribution in [2.75, 3.05) is 18.0 Å². The lowest BCUT2D eigenvalue weighted by Crippen LogP contribution is -2.24. The number of benzene rings is 1. The predicted molar refractivity (Wildman–Crippen MR) is 93.6 cm³/mol. The number of rotatable bonds is 4. The number of ether oxygens (including phenoxy) is 1. The first-order valence-electron chi connectivity index (χ1n) is 7.68. The summed E-state index contributed by atoms with van der Waals surface area (Å²) >= 11 is 1.62. The Morgan fingerprint density at radius 2 is 2.09 bits per heavy atom. The molecule has 0 saturated carbocycles. The molecule has 1 aliphatic rings. The van der Waals surface area contributed by atoms with Gasteiger partial charge in [0.25, 0.3) is 0 Å². The second-order valence-electron chi connectivity index (χ2n) is 5.38. The summed E-state index contributed by atoms with van der Waals surface area (Å²) in [5, 5.41) is 13.6. The van der Waals surface area contributed by atoms with E-state index in [-0.39, 0.29) is 11.8 Å². The first kappa shape index (κ1) is 15.4. The van der Waals surface area contributed by atoms with Crippen LogP contribution in [0, 0.1) is 11.3 Å². The minimum atomic E-state index is -0.152. The molecule has 3 rings (SSSR count). The largest absolute Gasteiger partial charge is 0.440 e. The van der Waals surface area contributed by atoms with Crippen molar-refractivity contribution in [3.63, 3.8) is 0 Å². The highest BCUT2D eigenvalue weighted by atomic mass is 32.1. The summed E-state index contributed by atoms with van der Waals surface area (Å²) in [4.78, 5) is 2.25. The number of nitrogens with zero attached hydrogens (tertiary/aromatic N) is 2. The lowest BCUT2D eigenvalue weighted by molar-refractivity contribution is 0.394. The first-order chi connectivity index (χ1) is 11.2. The van der Waals surface area contributed by atoms with Gasteiger partial charge >= 0.3 is 0 Å². The molecule has 0 saturated heterocycles. The molecule has 2 heterocycles. The van der Waals surface area contributed by atoms with Crippen LogP contribution in [-0.2, 0) is 0 Å². The molecule has 0 bridgehead atoms. The van der Waals surface area contributed by atoms with E-state index in [1.807, 2.05) is 17.5 Å². The van der Waals surface area contributed by atoms with Crippen molar-refractivity contribution in [1.82, 2.24) is 0 Å². The molecule has 5 heteroatoms. The Morgan fingerprint density at radius 1 is 1.30 bits per heavy atom. The summed E-state index contributed by atoms with van der Waals surface area (Å²) < 4.78 is 5.76. The van der Waals surface area contributed by atoms with Crippen LogP contribution < -0.4 is 15.4 Å². The number of anilines is 1. The summed E-state index contributed by atoms with van der Waals surface area (Å²) in [7, 11) is 0. The average molecular weight is 325 g/mol. The van der Waals surface area contributed by atoms with E-state index in [1.54, 1.807) is 11.3 Å². The van der Waals surface area contributed by atoms with Crippen LogP contribution in [0.2, 0.25) is 0 Å². The van der Waals surface area contributed by atoms with Crippen molar-refractivity contribution >= 4 is 17.0 Å². The summed E-state index contributed by atoms with van der Waals surface area (Å²) in [6.07, 6.45) is 0. The molecule has 1 aromatic carbocycles. The third-order valence-electron chi connectivity index (χ3n) is 4.21. The predicted octanol–water partition coefficient (Wildman–Crippen LogP) is 3.81. The molecule has 0 unspecified atom stereocenters. The summed E-state index contributed by atoms with van der Waals surface area (Å²) in [5.41, 5.74) is 9.67. The number of fused-ring (bicyclic) bond motifs is 1. The number of thiophene rings is 1. The molecule has 0 fully saturated rings. The second-order valence-corrected chi connectivity index (χ2v) is 6.16. The van der Waals surface area contributed by atoms with Crippen molar-refractivity contribution in [1.29, 1.82) is 5.26 Å². The maximum absolute atomic E-state index is 9.50. The van der Waals surface area contributed by atoms with Crippen LogP contribution in [0.1, 0.15) is 30.9 Å². The number of hydrogen-bond donors (Lipinski definition) is 1. The lowest BCUT2D eigenvalue weighted by Gasteiger charge is -2.28. The maximum Gasteiger partial charge on any atom is 0.205 e. The molecule has 23 heavy (non-hydrogen) atoms. The molecule has 0 amide bonds. The Balaban J connectivity index is 2.11. The van der Waals surface area contributed by atoms with Crippen molar-refractivity contribution in [3.05, 3.63) is 57.6 Å². The Bertz CT molecular complexity index is 770. The minimum Gasteiger partial charge on any atom is -0.440 e. The SMILES string of the molecule is CCN(CC)c1ccc2c(c1)OC(N)=C(C#N)[C@H]2c1ccsc1. The fourth-order valence-corrected chi connectivity index (χ4v) is 3.70. The fraction of sp³-hybridized carbons (Fsp3) is 0.278. The summed E-state index contributed by atoms with van der Waals surface area (Å²) in [5.74, 6) is 0.788. The zero-order valence-electron chi connectivity index (χ0n) is 13.2. The van der Waals surface area contributed by atoms with Crippen molar-refractivity contribution in [2.45, 2.75) is 19.8 Å². The van der Waals surface area contributed by atoms with Gasteiger partial charge in [0.1, 0.15) is 17.4 Å². The van der Waals surface area contributed by atoms with Crippen LogP contribution >= 0.6 is 11.3 Å². The second kappa shape index (κ2) is 6.35. The molecule has 0 aliphatic carbocycles. The highest BCUT2D eigenvalue weighted by Crippen LogP contribution is 2.43. The van der Waals surface area contributed by atoms with E-state index in [0.29, 0.717) is 5.57 Å². The van der Waals surface area contributed by atoms with Gasteiger partial charge < -0.3 is 15.4 Å². The van der Waals surface area contributed by atoms with Crippen LogP contribution in [0.15, 0.2) is 46.5 Å². The molecule has 0 radical (unpaired) electrons. The molecule has 1 aliphatic heterocycles. The van der Waals surface area contributed by atoms with Gasteiger partial charge in [-0.3, -0.25) is 0 Å². The van der Waals surface area contributed by atoms with E-state index in [2.05, 4.69) is 42.3 Å². The third kappa shape index (κ3) is 2.66. The molecule has 2 N–H and O–H groups in total. The molecule has 0 spiro atoms. The van der Waals surface area contributed by atoms with Gasteiger partial charge in [0.15, 0.2) is 0 Å². The molecular formula is C18H19N3OS. The van der Waals surface area contributed by atoms with Crippen molar-refractivity contribution in [2.24, 2.45) is 5.73 Å². The lowest BCUT2D eigenvalue weighted by atomic mass is 9.85. The van der Waals surface area contributed by atoms with Gasteiger partial charge in [0.2, 0.25) is 5.88 Å². The number of nitrogens with two attached hydrogens (primary N) is 1. The van der Waals surface area contributed by atoms with Crippen LogP contribution in [0.25, 0.3) is 0 Å². The van der Waals surface area contributed by atoms with Gasteiger partial charge in [-0.05, 0) is 42.3 Å². The topological polar surface area (TPSA) is 62.3 Å². The van der Waals surface area contributed by atoms with Gasteiger partial charge in [-0.1, -0.05) is 6.07 Å². The van der Waals surface area contributed by atoms with E-state index in [1.165, 1.54) is 0 Å². The zero-order valence-corrected chi connectivity index (χ0v) is 14.1. The van der Waals surface area contributed by atoms with Crippen LogP contribution in [0.4, 0.5) is 5.69 Å². The number of nitriles is 1. The average Bonchev–Trinajstić information content (AvgIpc) is 3.08. The Morgan fingerprint density at radius 3 is 2.70 bits per heavy atom. The van der Waals surface area contributed by atoms with E-state index < -0.39 is 0 Å². The monoisotopic (exact) mass is 325 g/mol. The fourth-order valence-electron chi connectivity index (χ4n) is 3.01. The molecule has 2 aromatic rings. The third-order valence-corrected chi connectivity index (χ3v) is 4.91.